The van der Waals surface area contributed by atoms with E-state index in [-0.39, 0.29) is 5.92 Å². The van der Waals surface area contributed by atoms with Crippen LogP contribution in [-0.4, -0.2) is 29.8 Å². The van der Waals surface area contributed by atoms with Gasteiger partial charge in [0.05, 0.1) is 5.92 Å². The highest BCUT2D eigenvalue weighted by molar-refractivity contribution is 5.86. The summed E-state index contributed by atoms with van der Waals surface area (Å²) in [5, 5.41) is 0. The Morgan fingerprint density at radius 3 is 2.92 bits per heavy atom. The van der Waals surface area contributed by atoms with Crippen LogP contribution in [0.1, 0.15) is 26.2 Å². The molecule has 2 heteroatoms. The van der Waals surface area contributed by atoms with E-state index in [0.29, 0.717) is 17.9 Å². The molecule has 3 aliphatic rings. The lowest BCUT2D eigenvalue weighted by Gasteiger charge is -2.45. The summed E-state index contributed by atoms with van der Waals surface area (Å²) in [6.45, 7) is 2.18. The van der Waals surface area contributed by atoms with E-state index in [0.717, 1.165) is 12.8 Å². The first-order valence-corrected chi connectivity index (χ1v) is 5.17. The highest BCUT2D eigenvalue weighted by atomic mass is 16.1. The molecule has 1 saturated heterocycles. The third-order valence-electron chi connectivity index (χ3n) is 3.37. The van der Waals surface area contributed by atoms with Crippen LogP contribution in [0, 0.1) is 5.92 Å². The molecule has 13 heavy (non-hydrogen) atoms. The van der Waals surface area contributed by atoms with Crippen molar-refractivity contribution in [3.05, 3.63) is 12.2 Å². The van der Waals surface area contributed by atoms with Gasteiger partial charge in [0.1, 0.15) is 5.78 Å². The Morgan fingerprint density at radius 1 is 1.54 bits per heavy atom. The number of carbonyl (C=O) groups excluding carboxylic acids is 1. The predicted octanol–water partition coefficient (Wildman–Crippen LogP) is 1.61. The number of rotatable bonds is 2. The number of ketones is 1. The Kier molecular flexibility index (Phi) is 2.24. The number of hydrogen-bond donors (Lipinski definition) is 0. The fourth-order valence-electron chi connectivity index (χ4n) is 2.57. The van der Waals surface area contributed by atoms with Gasteiger partial charge in [-0.15, -0.1) is 0 Å². The first kappa shape index (κ1) is 8.95. The van der Waals surface area contributed by atoms with Crippen LogP contribution in [0.4, 0.5) is 0 Å². The molecule has 0 radical (unpaired) electrons. The maximum Gasteiger partial charge on any atom is 0.143 e. The number of likely N-dealkylation sites (N-methyl/N-ethyl adjacent to an activating group) is 1. The third-order valence-corrected chi connectivity index (χ3v) is 3.37. The summed E-state index contributed by atoms with van der Waals surface area (Å²) in [4.78, 5) is 14.0. The lowest BCUT2D eigenvalue weighted by molar-refractivity contribution is -0.129. The summed E-state index contributed by atoms with van der Waals surface area (Å²) in [7, 11) is 2.15. The molecule has 2 heterocycles. The zero-order valence-corrected chi connectivity index (χ0v) is 8.36. The second-order valence-electron chi connectivity index (χ2n) is 4.17. The van der Waals surface area contributed by atoms with Crippen molar-refractivity contribution in [2.45, 2.75) is 38.3 Å². The molecule has 3 rings (SSSR count). The maximum absolute atomic E-state index is 11.6. The molecule has 0 N–H and O–H groups in total. The van der Waals surface area contributed by atoms with Crippen LogP contribution in [0.25, 0.3) is 0 Å². The van der Waals surface area contributed by atoms with E-state index in [1.807, 2.05) is 0 Å². The summed E-state index contributed by atoms with van der Waals surface area (Å²) < 4.78 is 0. The van der Waals surface area contributed by atoms with Crippen LogP contribution in [0.5, 0.6) is 0 Å². The van der Waals surface area contributed by atoms with Crippen molar-refractivity contribution in [1.82, 2.24) is 4.90 Å². The topological polar surface area (TPSA) is 20.3 Å². The van der Waals surface area contributed by atoms with Gasteiger partial charge in [-0.25, -0.2) is 0 Å². The monoisotopic (exact) mass is 179 g/mol. The van der Waals surface area contributed by atoms with Crippen molar-refractivity contribution >= 4 is 5.78 Å². The first-order chi connectivity index (χ1) is 6.24. The molecule has 0 aromatic carbocycles. The van der Waals surface area contributed by atoms with Crippen molar-refractivity contribution in [3.63, 3.8) is 0 Å². The summed E-state index contributed by atoms with van der Waals surface area (Å²) in [5.41, 5.74) is 0. The molecule has 0 saturated carbocycles. The zero-order valence-electron chi connectivity index (χ0n) is 8.36. The van der Waals surface area contributed by atoms with Gasteiger partial charge in [-0.1, -0.05) is 25.5 Å². The minimum atomic E-state index is 0.190. The third kappa shape index (κ3) is 1.33. The van der Waals surface area contributed by atoms with Gasteiger partial charge in [-0.05, 0) is 13.5 Å². The molecule has 1 fully saturated rings. The summed E-state index contributed by atoms with van der Waals surface area (Å²) in [6.07, 6.45) is 7.36. The minimum absolute atomic E-state index is 0.190. The summed E-state index contributed by atoms with van der Waals surface area (Å²) in [5.74, 6) is 0.638. The van der Waals surface area contributed by atoms with Crippen molar-refractivity contribution < 1.29 is 4.79 Å². The Hall–Kier alpha value is -0.630. The van der Waals surface area contributed by atoms with Gasteiger partial charge < -0.3 is 0 Å². The highest BCUT2D eigenvalue weighted by Crippen LogP contribution is 2.33. The van der Waals surface area contributed by atoms with Crippen molar-refractivity contribution in [3.8, 4) is 0 Å². The van der Waals surface area contributed by atoms with Crippen LogP contribution in [0.3, 0.4) is 0 Å². The van der Waals surface area contributed by atoms with E-state index in [9.17, 15) is 4.79 Å². The van der Waals surface area contributed by atoms with Gasteiger partial charge in [0.25, 0.3) is 0 Å². The van der Waals surface area contributed by atoms with Crippen LogP contribution >= 0.6 is 0 Å². The minimum Gasteiger partial charge on any atom is -0.299 e. The van der Waals surface area contributed by atoms with E-state index < -0.39 is 0 Å². The Morgan fingerprint density at radius 2 is 2.31 bits per heavy atom. The number of fused-ring (bicyclic) bond motifs is 2. The van der Waals surface area contributed by atoms with E-state index in [1.165, 1.54) is 6.42 Å². The van der Waals surface area contributed by atoms with E-state index in [2.05, 4.69) is 31.0 Å². The molecule has 72 valence electrons. The van der Waals surface area contributed by atoms with Gasteiger partial charge in [0.2, 0.25) is 0 Å². The molecule has 2 aliphatic heterocycles. The molecule has 2 bridgehead atoms. The van der Waals surface area contributed by atoms with Gasteiger partial charge >= 0.3 is 0 Å². The van der Waals surface area contributed by atoms with Gasteiger partial charge in [-0.3, -0.25) is 9.69 Å². The molecule has 1 aliphatic carbocycles. The smallest absolute Gasteiger partial charge is 0.143 e. The normalized spacial score (nSPS) is 38.6. The first-order valence-electron chi connectivity index (χ1n) is 5.17. The van der Waals surface area contributed by atoms with Crippen LogP contribution in [0.15, 0.2) is 12.2 Å². The Balaban J connectivity index is 2.20. The largest absolute Gasteiger partial charge is 0.299 e. The number of piperidine rings is 1. The van der Waals surface area contributed by atoms with Gasteiger partial charge in [0.15, 0.2) is 0 Å². The molecular formula is C11H17NO. The van der Waals surface area contributed by atoms with Crippen molar-refractivity contribution in [1.29, 1.82) is 0 Å². The van der Waals surface area contributed by atoms with E-state index in [1.54, 1.807) is 0 Å². The van der Waals surface area contributed by atoms with Crippen LogP contribution in [0.2, 0.25) is 0 Å². The number of Topliss-reactive ketones (excluding diaryl/α,β-unsaturated/α-hetero) is 1. The van der Waals surface area contributed by atoms with Gasteiger partial charge in [-0.2, -0.15) is 0 Å². The molecule has 0 aromatic heterocycles. The quantitative estimate of drug-likeness (QED) is 0.600. The highest BCUT2D eigenvalue weighted by Gasteiger charge is 2.40. The average molecular weight is 179 g/mol. The van der Waals surface area contributed by atoms with Gasteiger partial charge in [0, 0.05) is 18.5 Å². The average Bonchev–Trinajstić information content (AvgIpc) is 2.12. The fourth-order valence-corrected chi connectivity index (χ4v) is 2.57. The summed E-state index contributed by atoms with van der Waals surface area (Å²) in [6, 6.07) is 0.857. The van der Waals surface area contributed by atoms with E-state index >= 15 is 0 Å². The summed E-state index contributed by atoms with van der Waals surface area (Å²) >= 11 is 0. The fraction of sp³-hybridized carbons (Fsp3) is 0.727. The molecule has 0 spiro atoms. The molecule has 3 unspecified atom stereocenters. The molecule has 3 atom stereocenters. The number of carbonyl (C=O) groups is 1. The van der Waals surface area contributed by atoms with Crippen LogP contribution in [-0.2, 0) is 4.79 Å². The maximum atomic E-state index is 11.6. The molecule has 0 amide bonds. The molecule has 2 nitrogen and oxygen atoms in total. The SMILES string of the molecule is CCCC1C2C=CC(CC2=O)N1C. The predicted molar refractivity (Wildman–Crippen MR) is 52.5 cm³/mol. The Labute approximate surface area is 79.6 Å². The van der Waals surface area contributed by atoms with Crippen LogP contribution < -0.4 is 0 Å². The lowest BCUT2D eigenvalue weighted by atomic mass is 9.77. The Bertz CT molecular complexity index is 246. The van der Waals surface area contributed by atoms with Crippen molar-refractivity contribution in [2.24, 2.45) is 5.92 Å². The lowest BCUT2D eigenvalue weighted by Crippen LogP contribution is -2.54. The number of hydrogen-bond acceptors (Lipinski definition) is 2. The number of nitrogens with zero attached hydrogens (tertiary/aromatic N) is 1. The standard InChI is InChI=1S/C11H17NO/c1-3-4-10-9-6-5-8(12(10)2)7-11(9)13/h5-6,8-10H,3-4,7H2,1-2H3. The second kappa shape index (κ2) is 3.26. The molecule has 0 aromatic rings. The molecular weight excluding hydrogens is 162 g/mol. The second-order valence-corrected chi connectivity index (χ2v) is 4.17. The van der Waals surface area contributed by atoms with Crippen molar-refractivity contribution in [2.75, 3.05) is 7.05 Å². The van der Waals surface area contributed by atoms with E-state index in [4.69, 9.17) is 0 Å². The zero-order chi connectivity index (χ0) is 9.42.